The van der Waals surface area contributed by atoms with Gasteiger partial charge in [0, 0.05) is 6.61 Å². The Hall–Kier alpha value is -0.120. The van der Waals surface area contributed by atoms with Gasteiger partial charge in [-0.3, -0.25) is 0 Å². The summed E-state index contributed by atoms with van der Waals surface area (Å²) < 4.78 is 0.500. The Morgan fingerprint density at radius 3 is 2.22 bits per heavy atom. The second-order valence-electron chi connectivity index (χ2n) is 2.80. The number of rotatable bonds is 4. The number of quaternary nitrogens is 1. The minimum atomic E-state index is 0.208. The molecule has 0 radical (unpaired) electrons. The van der Waals surface area contributed by atoms with E-state index >= 15 is 0 Å². The van der Waals surface area contributed by atoms with Crippen molar-refractivity contribution in [1.29, 1.82) is 0 Å². The number of aliphatic hydroxyl groups is 1. The fourth-order valence-corrected chi connectivity index (χ4v) is 0.403. The van der Waals surface area contributed by atoms with Gasteiger partial charge < -0.3 is 5.11 Å². The van der Waals surface area contributed by atoms with E-state index in [1.807, 2.05) is 21.1 Å². The molecule has 0 spiro atoms. The summed E-state index contributed by atoms with van der Waals surface area (Å²) in [5.41, 5.74) is 0. The van der Waals surface area contributed by atoms with Gasteiger partial charge in [-0.15, -0.1) is 0 Å². The molecular weight excluding hydrogens is 118 g/mol. The Bertz CT molecular complexity index is 67.9. The van der Waals surface area contributed by atoms with Crippen LogP contribution in [0.5, 0.6) is 0 Å². The van der Waals surface area contributed by atoms with Crippen LogP contribution in [0.25, 0.3) is 0 Å². The van der Waals surface area contributed by atoms with Crippen LogP contribution in [-0.2, 0) is 4.84 Å². The van der Waals surface area contributed by atoms with Gasteiger partial charge in [0.25, 0.3) is 0 Å². The van der Waals surface area contributed by atoms with E-state index in [2.05, 4.69) is 0 Å². The molecule has 0 fully saturated rings. The summed E-state index contributed by atoms with van der Waals surface area (Å²) in [4.78, 5) is 5.25. The second kappa shape index (κ2) is 3.82. The van der Waals surface area contributed by atoms with E-state index in [1.54, 1.807) is 0 Å². The predicted molar refractivity (Wildman–Crippen MR) is 35.7 cm³/mol. The summed E-state index contributed by atoms with van der Waals surface area (Å²) in [6.07, 6.45) is 0.718. The average Bonchev–Trinajstić information content (AvgIpc) is 1.63. The lowest BCUT2D eigenvalue weighted by Crippen LogP contribution is -2.34. The van der Waals surface area contributed by atoms with Crippen LogP contribution >= 0.6 is 0 Å². The molecule has 0 saturated carbocycles. The molecule has 1 N–H and O–H groups in total. The third kappa shape index (κ3) is 7.88. The molecule has 0 unspecified atom stereocenters. The molecule has 0 aliphatic heterocycles. The standard InChI is InChI=1S/C6H16NO2/c1-7(2,3)9-6-4-5-8/h8H,4-6H2,1-3H3/q+1. The van der Waals surface area contributed by atoms with Gasteiger partial charge in [-0.25, -0.2) is 4.84 Å². The molecule has 0 amide bonds. The van der Waals surface area contributed by atoms with Crippen LogP contribution in [-0.4, -0.2) is 44.1 Å². The maximum Gasteiger partial charge on any atom is 0.108 e. The summed E-state index contributed by atoms with van der Waals surface area (Å²) in [5, 5.41) is 8.38. The van der Waals surface area contributed by atoms with Crippen molar-refractivity contribution in [3.8, 4) is 0 Å². The first kappa shape index (κ1) is 8.88. The first-order chi connectivity index (χ1) is 4.06. The minimum absolute atomic E-state index is 0.208. The zero-order valence-electron chi connectivity index (χ0n) is 6.42. The molecule has 0 aromatic heterocycles. The summed E-state index contributed by atoms with van der Waals surface area (Å²) in [6.45, 7) is 0.833. The van der Waals surface area contributed by atoms with E-state index < -0.39 is 0 Å². The molecule has 0 saturated heterocycles. The van der Waals surface area contributed by atoms with Crippen molar-refractivity contribution in [1.82, 2.24) is 0 Å². The van der Waals surface area contributed by atoms with Crippen molar-refractivity contribution >= 4 is 0 Å². The van der Waals surface area contributed by atoms with Gasteiger partial charge in [0.2, 0.25) is 0 Å². The van der Waals surface area contributed by atoms with E-state index in [0.717, 1.165) is 6.42 Å². The lowest BCUT2D eigenvalue weighted by molar-refractivity contribution is -1.06. The van der Waals surface area contributed by atoms with Crippen molar-refractivity contribution in [2.24, 2.45) is 0 Å². The van der Waals surface area contributed by atoms with Gasteiger partial charge in [0.05, 0.1) is 21.1 Å². The Morgan fingerprint density at radius 1 is 1.33 bits per heavy atom. The number of nitrogens with zero attached hydrogens (tertiary/aromatic N) is 1. The number of hydrogen-bond donors (Lipinski definition) is 1. The summed E-state index contributed by atoms with van der Waals surface area (Å²) >= 11 is 0. The molecule has 0 atom stereocenters. The van der Waals surface area contributed by atoms with Crippen molar-refractivity contribution in [2.75, 3.05) is 34.4 Å². The van der Waals surface area contributed by atoms with E-state index in [-0.39, 0.29) is 6.61 Å². The third-order valence-electron chi connectivity index (χ3n) is 0.781. The molecule has 56 valence electrons. The van der Waals surface area contributed by atoms with E-state index in [0.29, 0.717) is 11.3 Å². The molecule has 0 bridgehead atoms. The molecular formula is C6H16NO2+. The topological polar surface area (TPSA) is 29.5 Å². The maximum absolute atomic E-state index is 8.38. The van der Waals surface area contributed by atoms with Crippen LogP contribution < -0.4 is 0 Å². The first-order valence-corrected chi connectivity index (χ1v) is 3.13. The fourth-order valence-electron chi connectivity index (χ4n) is 0.403. The predicted octanol–water partition coefficient (Wildman–Crippen LogP) is 0.00660. The van der Waals surface area contributed by atoms with Gasteiger partial charge in [0.15, 0.2) is 0 Å². The highest BCUT2D eigenvalue weighted by Crippen LogP contribution is 1.92. The van der Waals surface area contributed by atoms with E-state index in [4.69, 9.17) is 9.94 Å². The Balaban J connectivity index is 3.07. The highest BCUT2D eigenvalue weighted by molar-refractivity contribution is 4.24. The highest BCUT2D eigenvalue weighted by Gasteiger charge is 2.05. The molecule has 3 nitrogen and oxygen atoms in total. The Labute approximate surface area is 56.4 Å². The Morgan fingerprint density at radius 2 is 1.89 bits per heavy atom. The quantitative estimate of drug-likeness (QED) is 0.333. The first-order valence-electron chi connectivity index (χ1n) is 3.13. The van der Waals surface area contributed by atoms with Crippen molar-refractivity contribution in [2.45, 2.75) is 6.42 Å². The third-order valence-corrected chi connectivity index (χ3v) is 0.781. The molecule has 3 heteroatoms. The number of hydroxylamine groups is 3. The zero-order valence-corrected chi connectivity index (χ0v) is 6.42. The lowest BCUT2D eigenvalue weighted by Gasteiger charge is -2.20. The molecule has 0 aliphatic carbocycles. The van der Waals surface area contributed by atoms with Crippen LogP contribution in [0.3, 0.4) is 0 Å². The molecule has 0 aromatic carbocycles. The van der Waals surface area contributed by atoms with Gasteiger partial charge >= 0.3 is 0 Å². The molecule has 0 rings (SSSR count). The van der Waals surface area contributed by atoms with Gasteiger partial charge in [0.1, 0.15) is 6.61 Å². The largest absolute Gasteiger partial charge is 0.396 e. The maximum atomic E-state index is 8.38. The molecule has 0 heterocycles. The summed E-state index contributed by atoms with van der Waals surface area (Å²) in [6, 6.07) is 0. The van der Waals surface area contributed by atoms with Gasteiger partial charge in [-0.05, 0) is 6.42 Å². The van der Waals surface area contributed by atoms with Crippen LogP contribution in [0.2, 0.25) is 0 Å². The lowest BCUT2D eigenvalue weighted by atomic mass is 10.5. The van der Waals surface area contributed by atoms with Crippen LogP contribution in [0.4, 0.5) is 0 Å². The molecule has 0 aromatic rings. The van der Waals surface area contributed by atoms with Crippen molar-refractivity contribution in [3.63, 3.8) is 0 Å². The number of aliphatic hydroxyl groups excluding tert-OH is 1. The normalized spacial score (nSPS) is 12.0. The van der Waals surface area contributed by atoms with Crippen LogP contribution in [0.15, 0.2) is 0 Å². The summed E-state index contributed by atoms with van der Waals surface area (Å²) in [7, 11) is 5.83. The van der Waals surface area contributed by atoms with E-state index in [1.165, 1.54) is 0 Å². The van der Waals surface area contributed by atoms with Crippen LogP contribution in [0, 0.1) is 0 Å². The summed E-state index contributed by atoms with van der Waals surface area (Å²) in [5.74, 6) is 0. The van der Waals surface area contributed by atoms with Gasteiger partial charge in [-0.2, -0.15) is 4.65 Å². The van der Waals surface area contributed by atoms with Gasteiger partial charge in [-0.1, -0.05) is 0 Å². The SMILES string of the molecule is C[N+](C)(C)OCCCO. The average molecular weight is 134 g/mol. The smallest absolute Gasteiger partial charge is 0.108 e. The second-order valence-corrected chi connectivity index (χ2v) is 2.80. The Kier molecular flexibility index (Phi) is 3.77. The zero-order chi connectivity index (χ0) is 7.33. The van der Waals surface area contributed by atoms with E-state index in [9.17, 15) is 0 Å². The fraction of sp³-hybridized carbons (Fsp3) is 1.00. The van der Waals surface area contributed by atoms with Crippen molar-refractivity contribution < 1.29 is 14.6 Å². The van der Waals surface area contributed by atoms with Crippen LogP contribution in [0.1, 0.15) is 6.42 Å². The number of hydrogen-bond acceptors (Lipinski definition) is 2. The monoisotopic (exact) mass is 134 g/mol. The minimum Gasteiger partial charge on any atom is -0.396 e. The highest BCUT2D eigenvalue weighted by atomic mass is 16.7. The van der Waals surface area contributed by atoms with Crippen molar-refractivity contribution in [3.05, 3.63) is 0 Å². The molecule has 0 aliphatic rings. The molecule has 9 heavy (non-hydrogen) atoms.